The second kappa shape index (κ2) is 3.67. The summed E-state index contributed by atoms with van der Waals surface area (Å²) in [4.78, 5) is 2.88. The predicted molar refractivity (Wildman–Crippen MR) is 53.1 cm³/mol. The lowest BCUT2D eigenvalue weighted by Gasteiger charge is -1.85. The van der Waals surface area contributed by atoms with E-state index >= 15 is 0 Å². The van der Waals surface area contributed by atoms with Gasteiger partial charge in [-0.15, -0.1) is 0 Å². The quantitative estimate of drug-likeness (QED) is 0.779. The first-order valence-corrected chi connectivity index (χ1v) is 4.18. The Morgan fingerprint density at radius 2 is 2.29 bits per heavy atom. The molecule has 1 N–H and O–H groups in total. The molecule has 3 heteroatoms. The molecule has 0 aromatic carbocycles. The third kappa shape index (κ3) is 1.59. The van der Waals surface area contributed by atoms with Crippen molar-refractivity contribution in [3.63, 3.8) is 0 Å². The van der Waals surface area contributed by atoms with Crippen LogP contribution in [-0.4, -0.2) is 4.98 Å². The minimum atomic E-state index is 0.632. The molecule has 0 unspecified atom stereocenters. The Morgan fingerprint density at radius 3 is 3.00 bits per heavy atom. The van der Waals surface area contributed by atoms with Crippen molar-refractivity contribution >= 4 is 12.2 Å². The van der Waals surface area contributed by atoms with E-state index in [1.54, 1.807) is 18.7 Å². The molecule has 0 saturated heterocycles. The van der Waals surface area contributed by atoms with E-state index in [0.717, 1.165) is 11.3 Å². The molecule has 0 fully saturated rings. The highest BCUT2D eigenvalue weighted by Gasteiger charge is 1.97. The van der Waals surface area contributed by atoms with Crippen LogP contribution in [0.1, 0.15) is 16.9 Å². The largest absolute Gasteiger partial charge is 0.465 e. The Kier molecular flexibility index (Phi) is 2.20. The van der Waals surface area contributed by atoms with Crippen LogP contribution in [0.25, 0.3) is 12.2 Å². The fourth-order valence-corrected chi connectivity index (χ4v) is 1.17. The summed E-state index contributed by atoms with van der Waals surface area (Å²) in [6, 6.07) is 5.77. The number of aromatic nitrogens is 1. The molecule has 2 heterocycles. The first-order valence-electron chi connectivity index (χ1n) is 4.18. The minimum absolute atomic E-state index is 0.632. The molecule has 2 aromatic heterocycles. The summed E-state index contributed by atoms with van der Waals surface area (Å²) in [6.45, 7) is 0. The minimum Gasteiger partial charge on any atom is -0.465 e. The first-order chi connectivity index (χ1) is 6.90. The number of hydrogen-bond donors (Lipinski definition) is 1. The van der Waals surface area contributed by atoms with Gasteiger partial charge in [0, 0.05) is 18.0 Å². The molecule has 0 aliphatic carbocycles. The molecule has 14 heavy (non-hydrogen) atoms. The number of H-pyrrole nitrogens is 1. The maximum atomic E-state index is 8.74. The van der Waals surface area contributed by atoms with Crippen LogP contribution in [0.4, 0.5) is 0 Å². The number of rotatable bonds is 2. The molecule has 0 aliphatic rings. The maximum absolute atomic E-state index is 8.74. The average Bonchev–Trinajstić information content (AvgIpc) is 2.85. The smallest absolute Gasteiger partial charge is 0.126 e. The topological polar surface area (TPSA) is 52.7 Å². The van der Waals surface area contributed by atoms with E-state index in [-0.39, 0.29) is 0 Å². The Labute approximate surface area is 81.3 Å². The summed E-state index contributed by atoms with van der Waals surface area (Å²) < 4.78 is 5.13. The zero-order valence-corrected chi connectivity index (χ0v) is 7.40. The molecule has 0 amide bonds. The highest BCUT2D eigenvalue weighted by molar-refractivity contribution is 5.70. The normalized spacial score (nSPS) is 10.5. The molecule has 2 rings (SSSR count). The molecular weight excluding hydrogens is 176 g/mol. The van der Waals surface area contributed by atoms with E-state index in [4.69, 9.17) is 9.68 Å². The summed E-state index contributed by atoms with van der Waals surface area (Å²) in [5.41, 5.74) is 1.50. The van der Waals surface area contributed by atoms with Gasteiger partial charge < -0.3 is 9.40 Å². The van der Waals surface area contributed by atoms with Gasteiger partial charge in [-0.3, -0.25) is 0 Å². The summed E-state index contributed by atoms with van der Waals surface area (Å²) in [7, 11) is 0. The number of hydrogen-bond acceptors (Lipinski definition) is 2. The lowest BCUT2D eigenvalue weighted by atomic mass is 10.2. The number of nitrogens with one attached hydrogen (secondary N) is 1. The van der Waals surface area contributed by atoms with E-state index in [1.165, 1.54) is 0 Å². The van der Waals surface area contributed by atoms with Crippen molar-refractivity contribution in [1.82, 2.24) is 4.98 Å². The van der Waals surface area contributed by atoms with E-state index < -0.39 is 0 Å². The standard InChI is InChI=1S/C11H8N2O/c12-6-10-8-13-7-9(10)3-4-11-2-1-5-14-11/h1-5,7-8,13H/b4-3+. The van der Waals surface area contributed by atoms with Crippen LogP contribution >= 0.6 is 0 Å². The van der Waals surface area contributed by atoms with Crippen molar-refractivity contribution in [2.45, 2.75) is 0 Å². The SMILES string of the molecule is N#Cc1c[nH]cc1/C=C/c1ccco1. The summed E-state index contributed by atoms with van der Waals surface area (Å²) >= 11 is 0. The lowest BCUT2D eigenvalue weighted by molar-refractivity contribution is 0.557. The predicted octanol–water partition coefficient (Wildman–Crippen LogP) is 2.65. The Morgan fingerprint density at radius 1 is 1.36 bits per heavy atom. The van der Waals surface area contributed by atoms with Crippen molar-refractivity contribution in [2.75, 3.05) is 0 Å². The molecule has 0 bridgehead atoms. The van der Waals surface area contributed by atoms with Crippen molar-refractivity contribution in [2.24, 2.45) is 0 Å². The number of nitrogens with zero attached hydrogens (tertiary/aromatic N) is 1. The number of furan rings is 1. The van der Waals surface area contributed by atoms with Gasteiger partial charge in [0.25, 0.3) is 0 Å². The average molecular weight is 184 g/mol. The Hall–Kier alpha value is -2.21. The molecule has 0 spiro atoms. The highest BCUT2D eigenvalue weighted by atomic mass is 16.3. The van der Waals surface area contributed by atoms with Gasteiger partial charge in [0.2, 0.25) is 0 Å². The molecule has 0 aliphatic heterocycles. The van der Waals surface area contributed by atoms with Crippen molar-refractivity contribution in [3.8, 4) is 6.07 Å². The molecule has 0 saturated carbocycles. The second-order valence-corrected chi connectivity index (χ2v) is 2.78. The Bertz CT molecular complexity index is 472. The lowest BCUT2D eigenvalue weighted by Crippen LogP contribution is -1.71. The van der Waals surface area contributed by atoms with Gasteiger partial charge in [0.15, 0.2) is 0 Å². The summed E-state index contributed by atoms with van der Waals surface area (Å²) in [5.74, 6) is 0.773. The van der Waals surface area contributed by atoms with Crippen LogP contribution in [0.5, 0.6) is 0 Å². The van der Waals surface area contributed by atoms with Gasteiger partial charge in [0.05, 0.1) is 11.8 Å². The zero-order chi connectivity index (χ0) is 9.80. The van der Waals surface area contributed by atoms with Crippen LogP contribution in [-0.2, 0) is 0 Å². The van der Waals surface area contributed by atoms with Crippen molar-refractivity contribution in [1.29, 1.82) is 5.26 Å². The molecule has 3 nitrogen and oxygen atoms in total. The number of nitriles is 1. The monoisotopic (exact) mass is 184 g/mol. The van der Waals surface area contributed by atoms with Crippen LogP contribution in [0, 0.1) is 11.3 Å². The summed E-state index contributed by atoms with van der Waals surface area (Å²) in [5, 5.41) is 8.74. The van der Waals surface area contributed by atoms with E-state index in [1.807, 2.05) is 24.3 Å². The van der Waals surface area contributed by atoms with Crippen LogP contribution in [0.3, 0.4) is 0 Å². The van der Waals surface area contributed by atoms with E-state index in [0.29, 0.717) is 5.56 Å². The van der Waals surface area contributed by atoms with Crippen molar-refractivity contribution in [3.05, 3.63) is 47.7 Å². The molecule has 0 radical (unpaired) electrons. The van der Waals surface area contributed by atoms with Crippen LogP contribution in [0.2, 0.25) is 0 Å². The molecule has 68 valence electrons. The van der Waals surface area contributed by atoms with Gasteiger partial charge in [-0.25, -0.2) is 0 Å². The van der Waals surface area contributed by atoms with Gasteiger partial charge in [-0.1, -0.05) is 0 Å². The highest BCUT2D eigenvalue weighted by Crippen LogP contribution is 2.11. The molecular formula is C11H8N2O. The fraction of sp³-hybridized carbons (Fsp3) is 0. The van der Waals surface area contributed by atoms with Gasteiger partial charge in [-0.2, -0.15) is 5.26 Å². The van der Waals surface area contributed by atoms with Gasteiger partial charge in [0.1, 0.15) is 11.8 Å². The van der Waals surface area contributed by atoms with E-state index in [2.05, 4.69) is 11.1 Å². The molecule has 0 atom stereocenters. The summed E-state index contributed by atoms with van der Waals surface area (Å²) in [6.07, 6.45) is 8.72. The van der Waals surface area contributed by atoms with Gasteiger partial charge in [-0.05, 0) is 24.3 Å². The maximum Gasteiger partial charge on any atom is 0.126 e. The van der Waals surface area contributed by atoms with Crippen molar-refractivity contribution < 1.29 is 4.42 Å². The van der Waals surface area contributed by atoms with Crippen LogP contribution in [0.15, 0.2) is 35.2 Å². The third-order valence-electron chi connectivity index (χ3n) is 1.87. The van der Waals surface area contributed by atoms with E-state index in [9.17, 15) is 0 Å². The van der Waals surface area contributed by atoms with Gasteiger partial charge >= 0.3 is 0 Å². The van der Waals surface area contributed by atoms with Crippen LogP contribution < -0.4 is 0 Å². The first kappa shape index (κ1) is 8.39. The second-order valence-electron chi connectivity index (χ2n) is 2.78. The number of aromatic amines is 1. The fourth-order valence-electron chi connectivity index (χ4n) is 1.17. The Balaban J connectivity index is 2.23. The molecule has 2 aromatic rings. The third-order valence-corrected chi connectivity index (χ3v) is 1.87. The zero-order valence-electron chi connectivity index (χ0n) is 7.40.